The lowest BCUT2D eigenvalue weighted by Crippen LogP contribution is -2.50. The number of likely N-dealkylation sites (N-methyl/N-ethyl adjacent to an activating group) is 1. The first kappa shape index (κ1) is 13.2. The molecule has 1 atom stereocenters. The number of nitrogens with zero attached hydrogens (tertiary/aromatic N) is 1. The van der Waals surface area contributed by atoms with E-state index in [2.05, 4.69) is 23.3 Å². The minimum atomic E-state index is 0.514. The Morgan fingerprint density at radius 3 is 2.83 bits per heavy atom. The summed E-state index contributed by atoms with van der Waals surface area (Å²) in [6, 6.07) is 6.50. The molecule has 18 heavy (non-hydrogen) atoms. The smallest absolute Gasteiger partial charge is 0.122 e. The van der Waals surface area contributed by atoms with Crippen LogP contribution in [0.4, 0.5) is 0 Å². The molecular formula is C14H22N2O2. The zero-order chi connectivity index (χ0) is 13.0. The first-order chi connectivity index (χ1) is 8.74. The van der Waals surface area contributed by atoms with Crippen LogP contribution in [0.1, 0.15) is 5.56 Å². The molecule has 1 saturated heterocycles. The number of rotatable bonds is 4. The Morgan fingerprint density at radius 2 is 2.17 bits per heavy atom. The number of nitrogens with one attached hydrogen (secondary N) is 1. The molecule has 4 nitrogen and oxygen atoms in total. The SMILES string of the molecule is COc1ccc(OC)c(CC2CNCCN2C)c1. The molecule has 0 aromatic heterocycles. The minimum absolute atomic E-state index is 0.514. The predicted octanol–water partition coefficient (Wildman–Crippen LogP) is 1.15. The van der Waals surface area contributed by atoms with Crippen molar-refractivity contribution in [2.24, 2.45) is 0 Å². The van der Waals surface area contributed by atoms with Gasteiger partial charge in [0.2, 0.25) is 0 Å². The number of ether oxygens (including phenoxy) is 2. The monoisotopic (exact) mass is 250 g/mol. The second-order valence-corrected chi connectivity index (χ2v) is 4.72. The highest BCUT2D eigenvalue weighted by atomic mass is 16.5. The third-order valence-corrected chi connectivity index (χ3v) is 3.59. The van der Waals surface area contributed by atoms with Crippen molar-refractivity contribution in [3.63, 3.8) is 0 Å². The Kier molecular flexibility index (Phi) is 4.44. The van der Waals surface area contributed by atoms with Crippen LogP contribution in [0.2, 0.25) is 0 Å². The quantitative estimate of drug-likeness (QED) is 0.869. The average Bonchev–Trinajstić information content (AvgIpc) is 2.41. The van der Waals surface area contributed by atoms with Gasteiger partial charge in [-0.25, -0.2) is 0 Å². The van der Waals surface area contributed by atoms with Gasteiger partial charge in [-0.3, -0.25) is 0 Å². The Bertz CT molecular complexity index is 395. The van der Waals surface area contributed by atoms with Crippen molar-refractivity contribution >= 4 is 0 Å². The number of methoxy groups -OCH3 is 2. The predicted molar refractivity (Wildman–Crippen MR) is 72.5 cm³/mol. The molecule has 0 aliphatic carbocycles. The topological polar surface area (TPSA) is 33.7 Å². The zero-order valence-corrected chi connectivity index (χ0v) is 11.4. The Balaban J connectivity index is 2.15. The van der Waals surface area contributed by atoms with Crippen LogP contribution in [-0.4, -0.2) is 51.8 Å². The van der Waals surface area contributed by atoms with Gasteiger partial charge in [0, 0.05) is 25.7 Å². The molecule has 1 fully saturated rings. The second kappa shape index (κ2) is 6.07. The number of hydrogen-bond donors (Lipinski definition) is 1. The van der Waals surface area contributed by atoms with Gasteiger partial charge in [0.05, 0.1) is 14.2 Å². The molecule has 1 aliphatic rings. The Morgan fingerprint density at radius 1 is 1.33 bits per heavy atom. The minimum Gasteiger partial charge on any atom is -0.497 e. The number of hydrogen-bond acceptors (Lipinski definition) is 4. The second-order valence-electron chi connectivity index (χ2n) is 4.72. The van der Waals surface area contributed by atoms with E-state index < -0.39 is 0 Å². The first-order valence-corrected chi connectivity index (χ1v) is 6.36. The normalized spacial score (nSPS) is 20.7. The van der Waals surface area contributed by atoms with Crippen LogP contribution in [0.3, 0.4) is 0 Å². The maximum atomic E-state index is 5.43. The molecule has 1 aliphatic heterocycles. The molecule has 1 aromatic carbocycles. The maximum Gasteiger partial charge on any atom is 0.122 e. The molecule has 0 saturated carbocycles. The van der Waals surface area contributed by atoms with Crippen molar-refractivity contribution < 1.29 is 9.47 Å². The third-order valence-electron chi connectivity index (χ3n) is 3.59. The van der Waals surface area contributed by atoms with Crippen LogP contribution in [0.25, 0.3) is 0 Å². The molecule has 2 rings (SSSR count). The summed E-state index contributed by atoms with van der Waals surface area (Å²) in [7, 11) is 5.59. The highest BCUT2D eigenvalue weighted by molar-refractivity contribution is 5.40. The van der Waals surface area contributed by atoms with E-state index in [1.54, 1.807) is 14.2 Å². The summed E-state index contributed by atoms with van der Waals surface area (Å²) in [5.41, 5.74) is 1.21. The van der Waals surface area contributed by atoms with E-state index in [0.29, 0.717) is 6.04 Å². The van der Waals surface area contributed by atoms with Gasteiger partial charge in [-0.1, -0.05) is 0 Å². The summed E-state index contributed by atoms with van der Waals surface area (Å²) in [5.74, 6) is 1.83. The van der Waals surface area contributed by atoms with Gasteiger partial charge in [0.25, 0.3) is 0 Å². The molecule has 4 heteroatoms. The summed E-state index contributed by atoms with van der Waals surface area (Å²) >= 11 is 0. The largest absolute Gasteiger partial charge is 0.497 e. The standard InChI is InChI=1S/C14H22N2O2/c1-16-7-6-15-10-12(16)8-11-9-13(17-2)4-5-14(11)18-3/h4-5,9,12,15H,6-8,10H2,1-3H3. The van der Waals surface area contributed by atoms with Crippen molar-refractivity contribution in [2.45, 2.75) is 12.5 Å². The fraction of sp³-hybridized carbons (Fsp3) is 0.571. The maximum absolute atomic E-state index is 5.43. The number of piperazine rings is 1. The molecule has 0 radical (unpaired) electrons. The third kappa shape index (κ3) is 2.94. The van der Waals surface area contributed by atoms with Gasteiger partial charge < -0.3 is 19.7 Å². The van der Waals surface area contributed by atoms with Crippen LogP contribution >= 0.6 is 0 Å². The lowest BCUT2D eigenvalue weighted by Gasteiger charge is -2.33. The van der Waals surface area contributed by atoms with Crippen LogP contribution < -0.4 is 14.8 Å². The van der Waals surface area contributed by atoms with Gasteiger partial charge in [-0.05, 0) is 37.2 Å². The highest BCUT2D eigenvalue weighted by Gasteiger charge is 2.20. The average molecular weight is 250 g/mol. The lowest BCUT2D eigenvalue weighted by molar-refractivity contribution is 0.198. The first-order valence-electron chi connectivity index (χ1n) is 6.36. The van der Waals surface area contributed by atoms with E-state index in [4.69, 9.17) is 9.47 Å². The molecular weight excluding hydrogens is 228 g/mol. The molecule has 0 spiro atoms. The van der Waals surface area contributed by atoms with E-state index in [1.165, 1.54) is 5.56 Å². The van der Waals surface area contributed by atoms with E-state index in [-0.39, 0.29) is 0 Å². The highest BCUT2D eigenvalue weighted by Crippen LogP contribution is 2.26. The fourth-order valence-corrected chi connectivity index (χ4v) is 2.39. The molecule has 0 amide bonds. The van der Waals surface area contributed by atoms with E-state index >= 15 is 0 Å². The summed E-state index contributed by atoms with van der Waals surface area (Å²) < 4.78 is 10.7. The molecule has 1 aromatic rings. The Hall–Kier alpha value is -1.26. The lowest BCUT2D eigenvalue weighted by atomic mass is 10.0. The van der Waals surface area contributed by atoms with Gasteiger partial charge in [-0.15, -0.1) is 0 Å². The van der Waals surface area contributed by atoms with Crippen molar-refractivity contribution in [2.75, 3.05) is 40.9 Å². The van der Waals surface area contributed by atoms with Crippen molar-refractivity contribution in [3.8, 4) is 11.5 Å². The van der Waals surface area contributed by atoms with Crippen molar-refractivity contribution in [1.82, 2.24) is 10.2 Å². The zero-order valence-electron chi connectivity index (χ0n) is 11.4. The summed E-state index contributed by atoms with van der Waals surface area (Å²) in [5, 5.41) is 3.44. The van der Waals surface area contributed by atoms with Gasteiger partial charge in [0.1, 0.15) is 11.5 Å². The number of benzene rings is 1. The summed E-state index contributed by atoms with van der Waals surface area (Å²) in [6.07, 6.45) is 0.976. The molecule has 1 heterocycles. The van der Waals surface area contributed by atoms with Crippen molar-refractivity contribution in [3.05, 3.63) is 23.8 Å². The summed E-state index contributed by atoms with van der Waals surface area (Å²) in [4.78, 5) is 2.40. The van der Waals surface area contributed by atoms with Crippen LogP contribution in [0, 0.1) is 0 Å². The van der Waals surface area contributed by atoms with E-state index in [1.807, 2.05) is 12.1 Å². The molecule has 1 unspecified atom stereocenters. The molecule has 100 valence electrons. The van der Waals surface area contributed by atoms with E-state index in [9.17, 15) is 0 Å². The van der Waals surface area contributed by atoms with Crippen LogP contribution in [-0.2, 0) is 6.42 Å². The Labute approximate surface area is 109 Å². The summed E-state index contributed by atoms with van der Waals surface area (Å²) in [6.45, 7) is 3.19. The molecule has 0 bridgehead atoms. The van der Waals surface area contributed by atoms with Crippen LogP contribution in [0.5, 0.6) is 11.5 Å². The van der Waals surface area contributed by atoms with Gasteiger partial charge >= 0.3 is 0 Å². The van der Waals surface area contributed by atoms with E-state index in [0.717, 1.165) is 37.6 Å². The van der Waals surface area contributed by atoms with Crippen LogP contribution in [0.15, 0.2) is 18.2 Å². The van der Waals surface area contributed by atoms with Gasteiger partial charge in [0.15, 0.2) is 0 Å². The fourth-order valence-electron chi connectivity index (χ4n) is 2.39. The van der Waals surface area contributed by atoms with Gasteiger partial charge in [-0.2, -0.15) is 0 Å². The van der Waals surface area contributed by atoms with Crippen molar-refractivity contribution in [1.29, 1.82) is 0 Å². The molecule has 1 N–H and O–H groups in total.